The fourth-order valence-electron chi connectivity index (χ4n) is 1.27. The van der Waals surface area contributed by atoms with Crippen LogP contribution in [0.25, 0.3) is 0 Å². The van der Waals surface area contributed by atoms with Gasteiger partial charge in [-0.3, -0.25) is 5.43 Å². The van der Waals surface area contributed by atoms with Crippen LogP contribution in [0.2, 0.25) is 0 Å². The summed E-state index contributed by atoms with van der Waals surface area (Å²) in [5.41, 5.74) is 8.62. The normalized spacial score (nSPS) is 10.3. The molecule has 0 unspecified atom stereocenters. The zero-order chi connectivity index (χ0) is 13.4. The summed E-state index contributed by atoms with van der Waals surface area (Å²) in [6, 6.07) is 5.54. The summed E-state index contributed by atoms with van der Waals surface area (Å²) in [7, 11) is 1.61. The Morgan fingerprint density at radius 3 is 2.89 bits per heavy atom. The molecule has 1 aromatic carbocycles. The quantitative estimate of drug-likeness (QED) is 0.466. The van der Waals surface area contributed by atoms with Crippen molar-refractivity contribution in [3.8, 4) is 11.5 Å². The van der Waals surface area contributed by atoms with E-state index in [1.165, 1.54) is 0 Å². The van der Waals surface area contributed by atoms with E-state index < -0.39 is 0 Å². The molecule has 0 atom stereocenters. The third-order valence-electron chi connectivity index (χ3n) is 2.04. The molecule has 0 aliphatic rings. The second kappa shape index (κ2) is 7.50. The topological polar surface area (TPSA) is 68.9 Å². The van der Waals surface area contributed by atoms with E-state index in [-0.39, 0.29) is 5.11 Å². The number of rotatable bonds is 6. The van der Waals surface area contributed by atoms with Gasteiger partial charge in [0.25, 0.3) is 0 Å². The molecule has 0 aliphatic heterocycles. The Hall–Kier alpha value is -1.82. The van der Waals surface area contributed by atoms with Gasteiger partial charge >= 0.3 is 0 Å². The highest BCUT2D eigenvalue weighted by atomic mass is 32.1. The van der Waals surface area contributed by atoms with Crippen molar-refractivity contribution in [3.05, 3.63) is 23.8 Å². The van der Waals surface area contributed by atoms with Crippen molar-refractivity contribution in [2.24, 2.45) is 10.8 Å². The highest BCUT2D eigenvalue weighted by Gasteiger charge is 2.04. The number of hydrazone groups is 1. The Bertz CT molecular complexity index is 435. The van der Waals surface area contributed by atoms with E-state index in [0.29, 0.717) is 18.1 Å². The molecule has 0 spiro atoms. The van der Waals surface area contributed by atoms with Crippen LogP contribution >= 0.6 is 12.2 Å². The highest BCUT2D eigenvalue weighted by molar-refractivity contribution is 7.80. The van der Waals surface area contributed by atoms with Crippen LogP contribution < -0.4 is 20.6 Å². The van der Waals surface area contributed by atoms with E-state index >= 15 is 0 Å². The van der Waals surface area contributed by atoms with Crippen LogP contribution in [0, 0.1) is 0 Å². The maximum Gasteiger partial charge on any atom is 0.184 e. The zero-order valence-electron chi connectivity index (χ0n) is 10.5. The van der Waals surface area contributed by atoms with Crippen molar-refractivity contribution in [3.63, 3.8) is 0 Å². The summed E-state index contributed by atoms with van der Waals surface area (Å²) in [4.78, 5) is 0. The van der Waals surface area contributed by atoms with E-state index in [1.807, 2.05) is 25.1 Å². The van der Waals surface area contributed by atoms with Crippen molar-refractivity contribution in [2.45, 2.75) is 13.3 Å². The van der Waals surface area contributed by atoms with Crippen molar-refractivity contribution < 1.29 is 9.47 Å². The molecule has 0 radical (unpaired) electrons. The van der Waals surface area contributed by atoms with Gasteiger partial charge in [0, 0.05) is 0 Å². The van der Waals surface area contributed by atoms with Crippen molar-refractivity contribution in [2.75, 3.05) is 13.7 Å². The summed E-state index contributed by atoms with van der Waals surface area (Å²) in [5, 5.41) is 4.01. The Morgan fingerprint density at radius 2 is 2.28 bits per heavy atom. The van der Waals surface area contributed by atoms with Gasteiger partial charge in [-0.15, -0.1) is 0 Å². The van der Waals surface area contributed by atoms with Crippen LogP contribution in [0.3, 0.4) is 0 Å². The number of methoxy groups -OCH3 is 1. The van der Waals surface area contributed by atoms with Gasteiger partial charge < -0.3 is 15.2 Å². The average molecular weight is 267 g/mol. The lowest BCUT2D eigenvalue weighted by Gasteiger charge is -2.10. The molecule has 0 saturated carbocycles. The van der Waals surface area contributed by atoms with Crippen molar-refractivity contribution in [1.29, 1.82) is 0 Å². The van der Waals surface area contributed by atoms with Gasteiger partial charge in [0.05, 0.1) is 19.9 Å². The van der Waals surface area contributed by atoms with Crippen LogP contribution in [0.15, 0.2) is 23.3 Å². The van der Waals surface area contributed by atoms with Crippen LogP contribution in [0.4, 0.5) is 0 Å². The molecule has 18 heavy (non-hydrogen) atoms. The standard InChI is InChI=1S/C12H17N3O2S/c1-3-6-17-11-7-9(4-5-10(11)16-2)8-14-15-12(13)18/h4-5,7-8H,3,6H2,1-2H3,(H3,13,15,18)/b14-8+. The van der Waals surface area contributed by atoms with Gasteiger partial charge in [-0.2, -0.15) is 5.10 Å². The molecule has 3 N–H and O–H groups in total. The first-order chi connectivity index (χ1) is 8.67. The molecule has 0 saturated heterocycles. The van der Waals surface area contributed by atoms with Gasteiger partial charge in [-0.05, 0) is 42.4 Å². The fraction of sp³-hybridized carbons (Fsp3) is 0.333. The molecular formula is C12H17N3O2S. The third-order valence-corrected chi connectivity index (χ3v) is 2.13. The van der Waals surface area contributed by atoms with Gasteiger partial charge in [-0.1, -0.05) is 6.92 Å². The maximum absolute atomic E-state index is 5.59. The number of hydrogen-bond acceptors (Lipinski definition) is 4. The van der Waals surface area contributed by atoms with E-state index in [4.69, 9.17) is 15.2 Å². The average Bonchev–Trinajstić information content (AvgIpc) is 2.36. The Kier molecular flexibility index (Phi) is 5.93. The first-order valence-electron chi connectivity index (χ1n) is 5.56. The molecule has 0 fully saturated rings. The van der Waals surface area contributed by atoms with E-state index in [1.54, 1.807) is 13.3 Å². The van der Waals surface area contributed by atoms with Crippen LogP contribution in [0.5, 0.6) is 11.5 Å². The number of nitrogens with two attached hydrogens (primary N) is 1. The van der Waals surface area contributed by atoms with Gasteiger partial charge in [0.15, 0.2) is 16.6 Å². The largest absolute Gasteiger partial charge is 0.493 e. The van der Waals surface area contributed by atoms with E-state index in [9.17, 15) is 0 Å². The molecule has 0 bridgehead atoms. The molecule has 0 amide bonds. The SMILES string of the molecule is CCCOc1cc(/C=N/NC(N)=S)ccc1OC. The molecule has 0 aromatic heterocycles. The Labute approximate surface area is 112 Å². The van der Waals surface area contributed by atoms with E-state index in [0.717, 1.165) is 12.0 Å². The summed E-state index contributed by atoms with van der Waals surface area (Å²) < 4.78 is 10.8. The predicted octanol–water partition coefficient (Wildman–Crippen LogP) is 1.65. The molecule has 1 rings (SSSR count). The molecule has 6 heteroatoms. The summed E-state index contributed by atoms with van der Waals surface area (Å²) in [5.74, 6) is 1.39. The van der Waals surface area contributed by atoms with Crippen LogP contribution in [-0.4, -0.2) is 25.0 Å². The number of nitrogens with one attached hydrogen (secondary N) is 1. The lowest BCUT2D eigenvalue weighted by Crippen LogP contribution is -2.23. The van der Waals surface area contributed by atoms with Crippen molar-refractivity contribution in [1.82, 2.24) is 5.43 Å². The van der Waals surface area contributed by atoms with Crippen molar-refractivity contribution >= 4 is 23.5 Å². The second-order valence-electron chi connectivity index (χ2n) is 3.49. The second-order valence-corrected chi connectivity index (χ2v) is 3.93. The number of nitrogens with zero attached hydrogens (tertiary/aromatic N) is 1. The molecule has 5 nitrogen and oxygen atoms in total. The van der Waals surface area contributed by atoms with Gasteiger partial charge in [0.2, 0.25) is 0 Å². The lowest BCUT2D eigenvalue weighted by atomic mass is 10.2. The molecule has 98 valence electrons. The summed E-state index contributed by atoms with van der Waals surface area (Å²) in [6.07, 6.45) is 2.54. The number of thiocarbonyl (C=S) groups is 1. The minimum absolute atomic E-state index is 0.127. The monoisotopic (exact) mass is 267 g/mol. The third kappa shape index (κ3) is 4.58. The minimum Gasteiger partial charge on any atom is -0.493 e. The minimum atomic E-state index is 0.127. The predicted molar refractivity (Wildman–Crippen MR) is 76.3 cm³/mol. The first kappa shape index (κ1) is 14.2. The smallest absolute Gasteiger partial charge is 0.184 e. The number of hydrogen-bond donors (Lipinski definition) is 2. The lowest BCUT2D eigenvalue weighted by molar-refractivity contribution is 0.294. The highest BCUT2D eigenvalue weighted by Crippen LogP contribution is 2.27. The maximum atomic E-state index is 5.59. The molecular weight excluding hydrogens is 250 g/mol. The molecule has 0 aliphatic carbocycles. The van der Waals surface area contributed by atoms with Gasteiger partial charge in [0.1, 0.15) is 0 Å². The fourth-order valence-corrected chi connectivity index (χ4v) is 1.32. The van der Waals surface area contributed by atoms with Crippen LogP contribution in [0.1, 0.15) is 18.9 Å². The van der Waals surface area contributed by atoms with Gasteiger partial charge in [-0.25, -0.2) is 0 Å². The van der Waals surface area contributed by atoms with E-state index in [2.05, 4.69) is 22.7 Å². The summed E-state index contributed by atoms with van der Waals surface area (Å²) in [6.45, 7) is 2.69. The molecule has 1 aromatic rings. The summed E-state index contributed by atoms with van der Waals surface area (Å²) >= 11 is 4.64. The van der Waals surface area contributed by atoms with Crippen LogP contribution in [-0.2, 0) is 0 Å². The Balaban J connectivity index is 2.81. The Morgan fingerprint density at radius 1 is 1.50 bits per heavy atom. The first-order valence-corrected chi connectivity index (χ1v) is 5.97. The molecule has 0 heterocycles. The number of ether oxygens (including phenoxy) is 2. The zero-order valence-corrected chi connectivity index (χ0v) is 11.3. The number of benzene rings is 1.